The van der Waals surface area contributed by atoms with Crippen molar-refractivity contribution in [2.75, 3.05) is 48.5 Å². The molecule has 0 amide bonds. The van der Waals surface area contributed by atoms with Crippen molar-refractivity contribution in [1.29, 1.82) is 0 Å². The van der Waals surface area contributed by atoms with Crippen LogP contribution in [0.3, 0.4) is 0 Å². The van der Waals surface area contributed by atoms with E-state index in [2.05, 4.69) is 169 Å². The van der Waals surface area contributed by atoms with Gasteiger partial charge in [0.1, 0.15) is 0 Å². The molecule has 4 rings (SSSR count). The Hall–Kier alpha value is -3.48. The fourth-order valence-corrected chi connectivity index (χ4v) is 6.94. The highest BCUT2D eigenvalue weighted by atomic mass is 33.1. The monoisotopic (exact) mass is 652 g/mol. The van der Waals surface area contributed by atoms with Gasteiger partial charge in [0, 0.05) is 62.8 Å². The number of aryl methyl sites for hydroxylation is 2. The number of benzene rings is 2. The minimum absolute atomic E-state index is 1.02. The summed E-state index contributed by atoms with van der Waals surface area (Å²) in [6, 6.07) is 26.4. The molecule has 6 heteroatoms. The fraction of sp³-hybridized carbons (Fsp3) is 0.350. The molecule has 0 unspecified atom stereocenters. The molecule has 0 radical (unpaired) electrons. The third-order valence-corrected chi connectivity index (χ3v) is 10.4. The number of aromatic nitrogens is 2. The van der Waals surface area contributed by atoms with Crippen molar-refractivity contribution in [3.63, 3.8) is 0 Å². The van der Waals surface area contributed by atoms with Crippen LogP contribution in [0.5, 0.6) is 0 Å². The second-order valence-electron chi connectivity index (χ2n) is 11.8. The Morgan fingerprint density at radius 3 is 1.15 bits per heavy atom. The van der Waals surface area contributed by atoms with E-state index in [4.69, 9.17) is 0 Å². The van der Waals surface area contributed by atoms with Crippen molar-refractivity contribution >= 4 is 57.3 Å². The molecule has 0 aliphatic rings. The molecule has 0 spiro atoms. The minimum Gasteiger partial charge on any atom is -0.375 e. The Balaban J connectivity index is 1.11. The van der Waals surface area contributed by atoms with E-state index >= 15 is 0 Å². The van der Waals surface area contributed by atoms with Crippen LogP contribution in [-0.2, 0) is 13.1 Å². The standard InChI is InChI=1S/C40H52N4S2/c1-5-7-25-41(3)39-17-13-35(14-18-39)9-11-37-21-27-43(28-22-37)31-33-45-46-34-32-44-29-23-38(24-30-44)12-10-36-15-19-40(20-16-36)42(4)26-8-6-2/h9-24,27-30H,5-8,25-26,31-34H2,1-4H3/q+2. The van der Waals surface area contributed by atoms with Crippen LogP contribution < -0.4 is 18.9 Å². The highest BCUT2D eigenvalue weighted by Crippen LogP contribution is 2.20. The summed E-state index contributed by atoms with van der Waals surface area (Å²) in [4.78, 5) is 4.66. The Labute approximate surface area is 286 Å². The van der Waals surface area contributed by atoms with E-state index in [1.807, 2.05) is 21.6 Å². The van der Waals surface area contributed by atoms with Gasteiger partial charge in [0.15, 0.2) is 37.9 Å². The molecular weight excluding hydrogens is 601 g/mol. The average Bonchev–Trinajstić information content (AvgIpc) is 3.10. The van der Waals surface area contributed by atoms with Crippen LogP contribution in [0.15, 0.2) is 97.6 Å². The van der Waals surface area contributed by atoms with Gasteiger partial charge in [0.25, 0.3) is 0 Å². The van der Waals surface area contributed by atoms with Crippen molar-refractivity contribution in [3.8, 4) is 0 Å². The van der Waals surface area contributed by atoms with Gasteiger partial charge in [-0.3, -0.25) is 0 Å². The van der Waals surface area contributed by atoms with Crippen molar-refractivity contribution < 1.29 is 9.13 Å². The average molecular weight is 653 g/mol. The molecule has 0 atom stereocenters. The zero-order chi connectivity index (χ0) is 32.4. The van der Waals surface area contributed by atoms with Crippen LogP contribution in [0.4, 0.5) is 11.4 Å². The first kappa shape index (κ1) is 35.4. The second-order valence-corrected chi connectivity index (χ2v) is 14.5. The summed E-state index contributed by atoms with van der Waals surface area (Å²) in [5.41, 5.74) is 7.46. The number of anilines is 2. The van der Waals surface area contributed by atoms with Gasteiger partial charge in [-0.2, -0.15) is 0 Å². The van der Waals surface area contributed by atoms with E-state index in [9.17, 15) is 0 Å². The number of nitrogens with zero attached hydrogens (tertiary/aromatic N) is 4. The van der Waals surface area contributed by atoms with E-state index < -0.39 is 0 Å². The van der Waals surface area contributed by atoms with E-state index in [1.54, 1.807) is 0 Å². The lowest BCUT2D eigenvalue weighted by Gasteiger charge is -2.18. The zero-order valence-corrected chi connectivity index (χ0v) is 29.9. The highest BCUT2D eigenvalue weighted by molar-refractivity contribution is 8.76. The molecule has 2 aromatic heterocycles. The first-order valence-corrected chi connectivity index (χ1v) is 19.2. The lowest BCUT2D eigenvalue weighted by Crippen LogP contribution is -2.34. The summed E-state index contributed by atoms with van der Waals surface area (Å²) in [5, 5.41) is 0. The maximum atomic E-state index is 2.33. The molecule has 4 nitrogen and oxygen atoms in total. The number of hydrogen-bond acceptors (Lipinski definition) is 4. The summed E-state index contributed by atoms with van der Waals surface area (Å²) in [5.74, 6) is 2.18. The predicted octanol–water partition coefficient (Wildman–Crippen LogP) is 9.16. The van der Waals surface area contributed by atoms with Gasteiger partial charge < -0.3 is 9.80 Å². The van der Waals surface area contributed by atoms with Crippen LogP contribution in [0.2, 0.25) is 0 Å². The van der Waals surface area contributed by atoms with Crippen LogP contribution in [0.1, 0.15) is 61.8 Å². The van der Waals surface area contributed by atoms with Crippen molar-refractivity contribution in [2.24, 2.45) is 0 Å². The van der Waals surface area contributed by atoms with Gasteiger partial charge in [-0.15, -0.1) is 0 Å². The van der Waals surface area contributed by atoms with Crippen molar-refractivity contribution in [2.45, 2.75) is 52.6 Å². The molecule has 242 valence electrons. The Morgan fingerprint density at radius 2 is 0.826 bits per heavy atom. The Morgan fingerprint density at radius 1 is 0.500 bits per heavy atom. The molecule has 0 saturated carbocycles. The van der Waals surface area contributed by atoms with Gasteiger partial charge in [-0.1, -0.05) is 96.8 Å². The largest absolute Gasteiger partial charge is 0.375 e. The van der Waals surface area contributed by atoms with Crippen LogP contribution in [-0.4, -0.2) is 38.7 Å². The predicted molar refractivity (Wildman–Crippen MR) is 205 cm³/mol. The van der Waals surface area contributed by atoms with Gasteiger partial charge in [0.2, 0.25) is 0 Å². The molecule has 0 fully saturated rings. The van der Waals surface area contributed by atoms with Gasteiger partial charge in [0.05, 0.1) is 11.5 Å². The first-order chi connectivity index (χ1) is 22.5. The molecular formula is C40H52N4S2+2. The quantitative estimate of drug-likeness (QED) is 0.0570. The minimum atomic E-state index is 1.02. The highest BCUT2D eigenvalue weighted by Gasteiger charge is 2.05. The number of hydrogen-bond donors (Lipinski definition) is 0. The second kappa shape index (κ2) is 19.9. The molecule has 4 aromatic rings. The third kappa shape index (κ3) is 12.4. The molecule has 0 aliphatic heterocycles. The molecule has 0 saturated heterocycles. The van der Waals surface area contributed by atoms with E-state index in [0.717, 1.165) is 37.7 Å². The number of pyridine rings is 2. The lowest BCUT2D eigenvalue weighted by molar-refractivity contribution is -0.692. The molecule has 0 aliphatic carbocycles. The fourth-order valence-electron chi connectivity index (χ4n) is 4.97. The normalized spacial score (nSPS) is 11.5. The number of rotatable bonds is 19. The SMILES string of the molecule is CCCCN(C)c1ccc(/C=C/c2cc[n+](CCSSCC[n+]3ccc(/C=C/c4ccc(N(C)CCCC)cc4)cc3)cc2)cc1. The Bertz CT molecular complexity index is 1350. The maximum absolute atomic E-state index is 2.33. The third-order valence-electron chi connectivity index (χ3n) is 8.08. The first-order valence-electron chi connectivity index (χ1n) is 16.7. The number of unbranched alkanes of at least 4 members (excludes halogenated alkanes) is 2. The smallest absolute Gasteiger partial charge is 0.169 e. The van der Waals surface area contributed by atoms with E-state index in [-0.39, 0.29) is 0 Å². The van der Waals surface area contributed by atoms with E-state index in [1.165, 1.54) is 59.3 Å². The van der Waals surface area contributed by atoms with Crippen molar-refractivity contribution in [3.05, 3.63) is 120 Å². The van der Waals surface area contributed by atoms with Crippen molar-refractivity contribution in [1.82, 2.24) is 0 Å². The van der Waals surface area contributed by atoms with Gasteiger partial charge in [-0.25, -0.2) is 9.13 Å². The molecule has 0 bridgehead atoms. The summed E-state index contributed by atoms with van der Waals surface area (Å²) >= 11 is 0. The molecule has 46 heavy (non-hydrogen) atoms. The summed E-state index contributed by atoms with van der Waals surface area (Å²) in [7, 11) is 8.25. The maximum Gasteiger partial charge on any atom is 0.169 e. The van der Waals surface area contributed by atoms with Crippen LogP contribution in [0.25, 0.3) is 24.3 Å². The Kier molecular flexibility index (Phi) is 15.3. The lowest BCUT2D eigenvalue weighted by atomic mass is 10.1. The van der Waals surface area contributed by atoms with Crippen LogP contribution in [0, 0.1) is 0 Å². The molecule has 0 N–H and O–H groups in total. The van der Waals surface area contributed by atoms with E-state index in [0.29, 0.717) is 0 Å². The summed E-state index contributed by atoms with van der Waals surface area (Å²) in [6.45, 7) is 8.71. The molecule has 2 heterocycles. The summed E-state index contributed by atoms with van der Waals surface area (Å²) in [6.07, 6.45) is 22.4. The molecule has 2 aromatic carbocycles. The summed E-state index contributed by atoms with van der Waals surface area (Å²) < 4.78 is 4.54. The van der Waals surface area contributed by atoms with Gasteiger partial charge in [-0.05, 0) is 59.4 Å². The topological polar surface area (TPSA) is 14.2 Å². The van der Waals surface area contributed by atoms with Crippen LogP contribution >= 0.6 is 21.6 Å². The zero-order valence-electron chi connectivity index (χ0n) is 28.2. The van der Waals surface area contributed by atoms with Gasteiger partial charge >= 0.3 is 0 Å².